The van der Waals surface area contributed by atoms with Crippen molar-refractivity contribution >= 4 is 11.8 Å². The minimum atomic E-state index is -0.193. The van der Waals surface area contributed by atoms with Crippen LogP contribution >= 0.6 is 0 Å². The van der Waals surface area contributed by atoms with Crippen molar-refractivity contribution in [3.63, 3.8) is 0 Å². The summed E-state index contributed by atoms with van der Waals surface area (Å²) in [5, 5.41) is 5.99. The molecule has 0 bridgehead atoms. The van der Waals surface area contributed by atoms with Crippen LogP contribution in [-0.4, -0.2) is 32.1 Å². The van der Waals surface area contributed by atoms with Crippen LogP contribution < -0.4 is 20.1 Å². The summed E-state index contributed by atoms with van der Waals surface area (Å²) in [7, 11) is 3.17. The number of carbonyl (C=O) groups excluding carboxylic acids is 2. The third-order valence-corrected chi connectivity index (χ3v) is 5.08. The summed E-state index contributed by atoms with van der Waals surface area (Å²) in [5.74, 6) is 0.921. The van der Waals surface area contributed by atoms with Gasteiger partial charge in [-0.05, 0) is 37.0 Å². The van der Waals surface area contributed by atoms with Gasteiger partial charge in [-0.25, -0.2) is 0 Å². The molecule has 1 aromatic carbocycles. The lowest BCUT2D eigenvalue weighted by atomic mass is 10.2. The highest BCUT2D eigenvalue weighted by atomic mass is 16.5. The molecular formula is C19H26N2O4. The predicted octanol–water partition coefficient (Wildman–Crippen LogP) is 2.01. The summed E-state index contributed by atoms with van der Waals surface area (Å²) in [6.07, 6.45) is 5.15. The van der Waals surface area contributed by atoms with Crippen LogP contribution in [0.4, 0.5) is 0 Å². The highest BCUT2D eigenvalue weighted by Crippen LogP contribution is 2.39. The van der Waals surface area contributed by atoms with Gasteiger partial charge in [0.2, 0.25) is 11.8 Å². The SMILES string of the molecule is COc1ccc(CNC(=O)C2CC2C(=O)NC2CCCC2)cc1OC. The molecule has 2 atom stereocenters. The standard InChI is InChI=1S/C19H26N2O4/c1-24-16-8-7-12(9-17(16)25-2)11-20-18(22)14-10-15(14)19(23)21-13-5-3-4-6-13/h7-9,13-15H,3-6,10-11H2,1-2H3,(H,20,22)(H,21,23). The summed E-state index contributed by atoms with van der Waals surface area (Å²) in [6, 6.07) is 5.85. The molecule has 25 heavy (non-hydrogen) atoms. The van der Waals surface area contributed by atoms with E-state index in [1.165, 1.54) is 12.8 Å². The second-order valence-electron chi connectivity index (χ2n) is 6.85. The third kappa shape index (κ3) is 4.24. The van der Waals surface area contributed by atoms with Gasteiger partial charge in [-0.15, -0.1) is 0 Å². The van der Waals surface area contributed by atoms with Gasteiger partial charge in [0, 0.05) is 12.6 Å². The summed E-state index contributed by atoms with van der Waals surface area (Å²) in [6.45, 7) is 0.409. The fraction of sp³-hybridized carbons (Fsp3) is 0.579. The number of hydrogen-bond donors (Lipinski definition) is 2. The molecule has 0 spiro atoms. The minimum absolute atomic E-state index is 0.0400. The molecule has 136 valence electrons. The van der Waals surface area contributed by atoms with Crippen LogP contribution in [0.3, 0.4) is 0 Å². The average molecular weight is 346 g/mol. The van der Waals surface area contributed by atoms with Crippen molar-refractivity contribution in [2.24, 2.45) is 11.8 Å². The van der Waals surface area contributed by atoms with Crippen LogP contribution in [0.2, 0.25) is 0 Å². The Labute approximate surface area is 148 Å². The second kappa shape index (κ2) is 7.76. The van der Waals surface area contributed by atoms with Gasteiger partial charge in [0.15, 0.2) is 11.5 Å². The smallest absolute Gasteiger partial charge is 0.224 e. The van der Waals surface area contributed by atoms with E-state index in [4.69, 9.17) is 9.47 Å². The maximum Gasteiger partial charge on any atom is 0.224 e. The molecule has 1 aromatic rings. The van der Waals surface area contributed by atoms with Crippen molar-refractivity contribution in [1.29, 1.82) is 0 Å². The van der Waals surface area contributed by atoms with Crippen molar-refractivity contribution in [3.05, 3.63) is 23.8 Å². The fourth-order valence-corrected chi connectivity index (χ4v) is 3.46. The van der Waals surface area contributed by atoms with E-state index in [9.17, 15) is 9.59 Å². The maximum atomic E-state index is 12.3. The number of hydrogen-bond acceptors (Lipinski definition) is 4. The lowest BCUT2D eigenvalue weighted by Gasteiger charge is -2.12. The lowest BCUT2D eigenvalue weighted by molar-refractivity contribution is -0.127. The number of methoxy groups -OCH3 is 2. The van der Waals surface area contributed by atoms with Gasteiger partial charge < -0.3 is 20.1 Å². The number of nitrogens with one attached hydrogen (secondary N) is 2. The Morgan fingerprint density at radius 1 is 1.04 bits per heavy atom. The van der Waals surface area contributed by atoms with Gasteiger partial charge in [0.05, 0.1) is 26.1 Å². The molecule has 6 heteroatoms. The summed E-state index contributed by atoms with van der Waals surface area (Å²) in [5.41, 5.74) is 0.929. The molecule has 2 fully saturated rings. The van der Waals surface area contributed by atoms with Crippen molar-refractivity contribution in [2.45, 2.75) is 44.7 Å². The molecule has 6 nitrogen and oxygen atoms in total. The summed E-state index contributed by atoms with van der Waals surface area (Å²) >= 11 is 0. The third-order valence-electron chi connectivity index (χ3n) is 5.08. The van der Waals surface area contributed by atoms with E-state index in [0.29, 0.717) is 30.5 Å². The van der Waals surface area contributed by atoms with Gasteiger partial charge in [0.1, 0.15) is 0 Å². The van der Waals surface area contributed by atoms with Gasteiger partial charge in [-0.2, -0.15) is 0 Å². The zero-order valence-corrected chi connectivity index (χ0v) is 14.8. The van der Waals surface area contributed by atoms with Gasteiger partial charge in [-0.1, -0.05) is 18.9 Å². The van der Waals surface area contributed by atoms with E-state index in [1.54, 1.807) is 14.2 Å². The minimum Gasteiger partial charge on any atom is -0.493 e. The van der Waals surface area contributed by atoms with Crippen LogP contribution in [0.5, 0.6) is 11.5 Å². The summed E-state index contributed by atoms with van der Waals surface area (Å²) < 4.78 is 10.5. The second-order valence-corrected chi connectivity index (χ2v) is 6.85. The first-order chi connectivity index (χ1) is 12.1. The quantitative estimate of drug-likeness (QED) is 0.792. The molecule has 0 heterocycles. The van der Waals surface area contributed by atoms with Gasteiger partial charge in [0.25, 0.3) is 0 Å². The first kappa shape index (κ1) is 17.6. The maximum absolute atomic E-state index is 12.3. The van der Waals surface area contributed by atoms with Crippen molar-refractivity contribution in [2.75, 3.05) is 14.2 Å². The topological polar surface area (TPSA) is 76.7 Å². The Morgan fingerprint density at radius 3 is 2.40 bits per heavy atom. The van der Waals surface area contributed by atoms with Crippen molar-refractivity contribution < 1.29 is 19.1 Å². The Morgan fingerprint density at radius 2 is 1.72 bits per heavy atom. The van der Waals surface area contributed by atoms with Crippen LogP contribution in [0, 0.1) is 11.8 Å². The molecule has 2 amide bonds. The Balaban J connectivity index is 1.46. The first-order valence-electron chi connectivity index (χ1n) is 8.91. The van der Waals surface area contributed by atoms with Crippen LogP contribution in [0.15, 0.2) is 18.2 Å². The highest BCUT2D eigenvalue weighted by Gasteiger charge is 2.48. The molecule has 0 aliphatic heterocycles. The largest absolute Gasteiger partial charge is 0.493 e. The Hall–Kier alpha value is -2.24. The van der Waals surface area contributed by atoms with E-state index in [2.05, 4.69) is 10.6 Å². The normalized spacial score (nSPS) is 22.3. The molecule has 3 rings (SSSR count). The zero-order valence-electron chi connectivity index (χ0n) is 14.8. The van der Waals surface area contributed by atoms with E-state index in [0.717, 1.165) is 18.4 Å². The number of benzene rings is 1. The average Bonchev–Trinajstić information content (AvgIpc) is 3.29. The highest BCUT2D eigenvalue weighted by molar-refractivity contribution is 5.92. The van der Waals surface area contributed by atoms with E-state index < -0.39 is 0 Å². The van der Waals surface area contributed by atoms with Crippen molar-refractivity contribution in [1.82, 2.24) is 10.6 Å². The number of ether oxygens (including phenoxy) is 2. The van der Waals surface area contributed by atoms with Crippen LogP contribution in [0.1, 0.15) is 37.7 Å². The van der Waals surface area contributed by atoms with Gasteiger partial charge in [-0.3, -0.25) is 9.59 Å². The van der Waals surface area contributed by atoms with E-state index in [1.807, 2.05) is 18.2 Å². The molecule has 2 saturated carbocycles. The Bertz CT molecular complexity index is 640. The molecule has 0 aromatic heterocycles. The number of amides is 2. The lowest BCUT2D eigenvalue weighted by Crippen LogP contribution is -2.35. The van der Waals surface area contributed by atoms with Crippen LogP contribution in [0.25, 0.3) is 0 Å². The molecule has 2 aliphatic rings. The van der Waals surface area contributed by atoms with Crippen LogP contribution in [-0.2, 0) is 16.1 Å². The number of rotatable bonds is 7. The number of carbonyl (C=O) groups is 2. The predicted molar refractivity (Wildman–Crippen MR) is 93.4 cm³/mol. The molecule has 2 aliphatic carbocycles. The zero-order chi connectivity index (χ0) is 17.8. The molecule has 2 N–H and O–H groups in total. The van der Waals surface area contributed by atoms with Crippen molar-refractivity contribution in [3.8, 4) is 11.5 Å². The molecular weight excluding hydrogens is 320 g/mol. The summed E-state index contributed by atoms with van der Waals surface area (Å²) in [4.78, 5) is 24.4. The van der Waals surface area contributed by atoms with E-state index >= 15 is 0 Å². The van der Waals surface area contributed by atoms with E-state index in [-0.39, 0.29) is 23.7 Å². The van der Waals surface area contributed by atoms with Gasteiger partial charge >= 0.3 is 0 Å². The molecule has 0 saturated heterocycles. The monoisotopic (exact) mass is 346 g/mol. The first-order valence-corrected chi connectivity index (χ1v) is 8.91. The molecule has 0 radical (unpaired) electrons. The molecule has 2 unspecified atom stereocenters. The fourth-order valence-electron chi connectivity index (χ4n) is 3.46. The Kier molecular flexibility index (Phi) is 5.46.